The number of nitro groups is 1. The van der Waals surface area contributed by atoms with Gasteiger partial charge >= 0.3 is 0 Å². The molecular weight excluding hydrogens is 312 g/mol. The van der Waals surface area contributed by atoms with Gasteiger partial charge in [-0.1, -0.05) is 12.1 Å². The van der Waals surface area contributed by atoms with E-state index in [4.69, 9.17) is 10.5 Å². The van der Waals surface area contributed by atoms with Gasteiger partial charge in [0.2, 0.25) is 0 Å². The molecule has 0 atom stereocenters. The zero-order chi connectivity index (χ0) is 14.0. The lowest BCUT2D eigenvalue weighted by Gasteiger charge is -2.10. The fourth-order valence-corrected chi connectivity index (χ4v) is 2.02. The molecule has 0 saturated carbocycles. The summed E-state index contributed by atoms with van der Waals surface area (Å²) in [5, 5.41) is 10.8. The van der Waals surface area contributed by atoms with E-state index in [1.165, 1.54) is 6.07 Å². The van der Waals surface area contributed by atoms with Crippen LogP contribution in [-0.2, 0) is 0 Å². The maximum atomic E-state index is 10.8. The van der Waals surface area contributed by atoms with Gasteiger partial charge in [-0.15, -0.1) is 0 Å². The summed E-state index contributed by atoms with van der Waals surface area (Å²) < 4.78 is 6.17. The van der Waals surface area contributed by atoms with Crippen LogP contribution >= 0.6 is 15.9 Å². The molecule has 19 heavy (non-hydrogen) atoms. The van der Waals surface area contributed by atoms with Crippen molar-refractivity contribution in [2.24, 2.45) is 0 Å². The largest absolute Gasteiger partial charge is 0.454 e. The summed E-state index contributed by atoms with van der Waals surface area (Å²) in [6, 6.07) is 10.1. The highest BCUT2D eigenvalue weighted by atomic mass is 79.9. The number of para-hydroxylation sites is 2. The molecule has 6 heteroatoms. The van der Waals surface area contributed by atoms with Crippen molar-refractivity contribution in [3.05, 3.63) is 56.5 Å². The van der Waals surface area contributed by atoms with E-state index in [9.17, 15) is 10.1 Å². The Hall–Kier alpha value is -2.08. The average Bonchev–Trinajstić information content (AvgIpc) is 2.35. The number of nitro benzene ring substituents is 1. The van der Waals surface area contributed by atoms with Crippen molar-refractivity contribution in [3.8, 4) is 11.5 Å². The Kier molecular flexibility index (Phi) is 3.71. The first kappa shape index (κ1) is 13.4. The quantitative estimate of drug-likeness (QED) is 0.525. The summed E-state index contributed by atoms with van der Waals surface area (Å²) in [4.78, 5) is 10.4. The van der Waals surface area contributed by atoms with Crippen molar-refractivity contribution in [3.63, 3.8) is 0 Å². The van der Waals surface area contributed by atoms with E-state index in [0.29, 0.717) is 27.2 Å². The van der Waals surface area contributed by atoms with Crippen LogP contribution in [0.25, 0.3) is 0 Å². The van der Waals surface area contributed by atoms with Crippen LogP contribution in [0.15, 0.2) is 40.9 Å². The van der Waals surface area contributed by atoms with Gasteiger partial charge in [-0.05, 0) is 41.1 Å². The molecule has 2 rings (SSSR count). The smallest absolute Gasteiger partial charge is 0.273 e. The number of hydrogen-bond donors (Lipinski definition) is 1. The third kappa shape index (κ3) is 2.85. The molecule has 2 aromatic rings. The van der Waals surface area contributed by atoms with Gasteiger partial charge in [-0.2, -0.15) is 0 Å². The summed E-state index contributed by atoms with van der Waals surface area (Å²) in [6.45, 7) is 1.66. The molecule has 0 unspecified atom stereocenters. The number of aryl methyl sites for hydroxylation is 1. The number of rotatable bonds is 3. The molecule has 0 amide bonds. The second-order valence-electron chi connectivity index (χ2n) is 3.97. The molecule has 98 valence electrons. The van der Waals surface area contributed by atoms with Gasteiger partial charge in [0.15, 0.2) is 0 Å². The molecule has 0 spiro atoms. The van der Waals surface area contributed by atoms with Gasteiger partial charge in [0.05, 0.1) is 15.1 Å². The molecule has 2 aromatic carbocycles. The van der Waals surface area contributed by atoms with Gasteiger partial charge in [0, 0.05) is 11.6 Å². The second kappa shape index (κ2) is 5.27. The van der Waals surface area contributed by atoms with Gasteiger partial charge in [0.1, 0.15) is 11.5 Å². The van der Waals surface area contributed by atoms with Crippen molar-refractivity contribution in [2.75, 3.05) is 5.73 Å². The monoisotopic (exact) mass is 322 g/mol. The van der Waals surface area contributed by atoms with Gasteiger partial charge in [-0.25, -0.2) is 0 Å². The van der Waals surface area contributed by atoms with E-state index in [-0.39, 0.29) is 5.69 Å². The summed E-state index contributed by atoms with van der Waals surface area (Å²) in [6.07, 6.45) is 0. The molecule has 2 N–H and O–H groups in total. The third-order valence-corrected chi connectivity index (χ3v) is 3.21. The number of hydrogen-bond acceptors (Lipinski definition) is 4. The zero-order valence-corrected chi connectivity index (χ0v) is 11.7. The van der Waals surface area contributed by atoms with E-state index in [0.717, 1.165) is 0 Å². The van der Waals surface area contributed by atoms with Crippen molar-refractivity contribution >= 4 is 27.3 Å². The normalized spacial score (nSPS) is 10.2. The number of nitrogens with zero attached hydrogens (tertiary/aromatic N) is 1. The predicted molar refractivity (Wildman–Crippen MR) is 76.5 cm³/mol. The topological polar surface area (TPSA) is 78.4 Å². The number of nitrogen functional groups attached to an aromatic ring is 1. The fraction of sp³-hybridized carbons (Fsp3) is 0.0769. The maximum absolute atomic E-state index is 10.8. The summed E-state index contributed by atoms with van der Waals surface area (Å²) in [7, 11) is 0. The Morgan fingerprint density at radius 2 is 1.95 bits per heavy atom. The minimum atomic E-state index is -0.430. The molecule has 5 nitrogen and oxygen atoms in total. The highest BCUT2D eigenvalue weighted by molar-refractivity contribution is 9.10. The number of nitrogens with two attached hydrogens (primary N) is 1. The predicted octanol–water partition coefficient (Wildman–Crippen LogP) is 4.04. The fourth-order valence-electron chi connectivity index (χ4n) is 1.61. The van der Waals surface area contributed by atoms with Crippen LogP contribution in [0.2, 0.25) is 0 Å². The molecule has 0 bridgehead atoms. The van der Waals surface area contributed by atoms with Gasteiger partial charge in [-0.3, -0.25) is 10.1 Å². The molecule has 0 radical (unpaired) electrons. The Morgan fingerprint density at radius 1 is 1.26 bits per heavy atom. The SMILES string of the molecule is Cc1cc(Oc2ccccc2N)c(Br)cc1[N+](=O)[O-]. The molecule has 0 aromatic heterocycles. The van der Waals surface area contributed by atoms with Crippen molar-refractivity contribution < 1.29 is 9.66 Å². The lowest BCUT2D eigenvalue weighted by Crippen LogP contribution is -1.95. The van der Waals surface area contributed by atoms with Gasteiger partial charge in [0.25, 0.3) is 5.69 Å². The summed E-state index contributed by atoms with van der Waals surface area (Å²) in [5.41, 5.74) is 6.86. The lowest BCUT2D eigenvalue weighted by molar-refractivity contribution is -0.385. The van der Waals surface area contributed by atoms with Crippen molar-refractivity contribution in [1.29, 1.82) is 0 Å². The van der Waals surface area contributed by atoms with Crippen molar-refractivity contribution in [1.82, 2.24) is 0 Å². The van der Waals surface area contributed by atoms with E-state index < -0.39 is 4.92 Å². The number of halogens is 1. The first-order valence-electron chi connectivity index (χ1n) is 5.46. The molecule has 0 fully saturated rings. The minimum absolute atomic E-state index is 0.0419. The highest BCUT2D eigenvalue weighted by Gasteiger charge is 2.15. The van der Waals surface area contributed by atoms with Crippen LogP contribution < -0.4 is 10.5 Å². The molecule has 0 heterocycles. The zero-order valence-electron chi connectivity index (χ0n) is 10.1. The Bertz CT molecular complexity index is 644. The first-order valence-corrected chi connectivity index (χ1v) is 6.25. The molecule has 0 saturated heterocycles. The van der Waals surface area contributed by atoms with Crippen LogP contribution in [0, 0.1) is 17.0 Å². The van der Waals surface area contributed by atoms with E-state index in [1.54, 1.807) is 37.3 Å². The highest BCUT2D eigenvalue weighted by Crippen LogP contribution is 2.36. The summed E-state index contributed by atoms with van der Waals surface area (Å²) >= 11 is 3.26. The van der Waals surface area contributed by atoms with E-state index in [2.05, 4.69) is 15.9 Å². The van der Waals surface area contributed by atoms with Crippen LogP contribution in [0.5, 0.6) is 11.5 Å². The average molecular weight is 323 g/mol. The second-order valence-corrected chi connectivity index (χ2v) is 4.82. The van der Waals surface area contributed by atoms with Crippen LogP contribution in [-0.4, -0.2) is 4.92 Å². The summed E-state index contributed by atoms with van der Waals surface area (Å²) in [5.74, 6) is 0.998. The van der Waals surface area contributed by atoms with Crippen molar-refractivity contribution in [2.45, 2.75) is 6.92 Å². The van der Waals surface area contributed by atoms with Crippen LogP contribution in [0.3, 0.4) is 0 Å². The number of ether oxygens (including phenoxy) is 1. The standard InChI is InChI=1S/C13H11BrN2O3/c1-8-6-13(9(14)7-11(8)16(17)18)19-12-5-3-2-4-10(12)15/h2-7H,15H2,1H3. The maximum Gasteiger partial charge on any atom is 0.273 e. The number of benzene rings is 2. The number of anilines is 1. The Labute approximate surface area is 118 Å². The van der Waals surface area contributed by atoms with E-state index in [1.807, 2.05) is 0 Å². The molecule has 0 aliphatic carbocycles. The Balaban J connectivity index is 2.39. The lowest BCUT2D eigenvalue weighted by atomic mass is 10.2. The third-order valence-electron chi connectivity index (χ3n) is 2.59. The molecule has 0 aliphatic heterocycles. The van der Waals surface area contributed by atoms with Crippen LogP contribution in [0.4, 0.5) is 11.4 Å². The minimum Gasteiger partial charge on any atom is -0.454 e. The van der Waals surface area contributed by atoms with E-state index >= 15 is 0 Å². The first-order chi connectivity index (χ1) is 8.99. The Morgan fingerprint density at radius 3 is 2.58 bits per heavy atom. The molecular formula is C13H11BrN2O3. The van der Waals surface area contributed by atoms with Gasteiger partial charge < -0.3 is 10.5 Å². The molecule has 0 aliphatic rings. The van der Waals surface area contributed by atoms with Crippen LogP contribution in [0.1, 0.15) is 5.56 Å².